The van der Waals surface area contributed by atoms with Crippen molar-refractivity contribution in [1.29, 1.82) is 0 Å². The van der Waals surface area contributed by atoms with Gasteiger partial charge in [-0.2, -0.15) is 0 Å². The quantitative estimate of drug-likeness (QED) is 0.628. The van der Waals surface area contributed by atoms with E-state index < -0.39 is 16.6 Å². The Morgan fingerprint density at radius 3 is 2.37 bits per heavy atom. The van der Waals surface area contributed by atoms with Crippen molar-refractivity contribution in [3.63, 3.8) is 0 Å². The van der Waals surface area contributed by atoms with Crippen molar-refractivity contribution < 1.29 is 18.4 Å². The van der Waals surface area contributed by atoms with E-state index >= 15 is 0 Å². The molecule has 0 atom stereocenters. The number of nitrogens with zero attached hydrogens (tertiary/aromatic N) is 1. The zero-order valence-electron chi connectivity index (χ0n) is 9.68. The number of hydrogen-bond acceptors (Lipinski definition) is 3. The molecule has 0 amide bonds. The number of nitro benzene ring substituents is 1. The summed E-state index contributed by atoms with van der Waals surface area (Å²) in [4.78, 5) is 9.90. The van der Waals surface area contributed by atoms with Crippen LogP contribution in [-0.4, -0.2) is 4.92 Å². The highest BCUT2D eigenvalue weighted by atomic mass is 19.1. The van der Waals surface area contributed by atoms with E-state index in [1.54, 1.807) is 0 Å². The Kier molecular flexibility index (Phi) is 3.70. The van der Waals surface area contributed by atoms with E-state index in [1.807, 2.05) is 0 Å². The Balaban J connectivity index is 2.11. The molecule has 2 rings (SSSR count). The molecule has 0 radical (unpaired) electrons. The van der Waals surface area contributed by atoms with Crippen LogP contribution in [0.4, 0.5) is 14.5 Å². The highest BCUT2D eigenvalue weighted by Crippen LogP contribution is 2.18. The molecule has 0 spiro atoms. The van der Waals surface area contributed by atoms with Gasteiger partial charge < -0.3 is 4.74 Å². The summed E-state index contributed by atoms with van der Waals surface area (Å²) in [5.74, 6) is -0.700. The third-order valence-electron chi connectivity index (χ3n) is 2.37. The Bertz CT molecular complexity index is 599. The van der Waals surface area contributed by atoms with E-state index in [0.717, 1.165) is 12.1 Å². The van der Waals surface area contributed by atoms with Gasteiger partial charge in [-0.15, -0.1) is 0 Å². The predicted octanol–water partition coefficient (Wildman–Crippen LogP) is 3.45. The largest absolute Gasteiger partial charge is 0.489 e. The summed E-state index contributed by atoms with van der Waals surface area (Å²) < 4.78 is 31.1. The molecule has 0 aliphatic heterocycles. The molecule has 0 N–H and O–H groups in total. The van der Waals surface area contributed by atoms with Crippen molar-refractivity contribution in [2.75, 3.05) is 0 Å². The van der Waals surface area contributed by atoms with Gasteiger partial charge in [-0.25, -0.2) is 8.78 Å². The maximum absolute atomic E-state index is 13.2. The van der Waals surface area contributed by atoms with Crippen molar-refractivity contribution in [3.05, 3.63) is 69.8 Å². The van der Waals surface area contributed by atoms with Gasteiger partial charge in [0, 0.05) is 6.07 Å². The van der Waals surface area contributed by atoms with E-state index in [0.29, 0.717) is 11.3 Å². The molecule has 0 aliphatic rings. The minimum Gasteiger partial charge on any atom is -0.489 e. The molecule has 4 nitrogen and oxygen atoms in total. The number of nitro groups is 1. The Morgan fingerprint density at radius 2 is 1.74 bits per heavy atom. The number of rotatable bonds is 4. The van der Waals surface area contributed by atoms with Crippen molar-refractivity contribution in [2.24, 2.45) is 0 Å². The van der Waals surface area contributed by atoms with Crippen LogP contribution in [0.3, 0.4) is 0 Å². The van der Waals surface area contributed by atoms with E-state index in [-0.39, 0.29) is 12.3 Å². The van der Waals surface area contributed by atoms with Crippen LogP contribution in [0.1, 0.15) is 5.56 Å². The van der Waals surface area contributed by atoms with Gasteiger partial charge in [-0.05, 0) is 35.9 Å². The van der Waals surface area contributed by atoms with Gasteiger partial charge in [0.05, 0.1) is 11.0 Å². The third kappa shape index (κ3) is 3.48. The second kappa shape index (κ2) is 5.43. The molecule has 98 valence electrons. The van der Waals surface area contributed by atoms with Gasteiger partial charge >= 0.3 is 0 Å². The molecule has 2 aromatic carbocycles. The second-order valence-electron chi connectivity index (χ2n) is 3.82. The first-order chi connectivity index (χ1) is 9.04. The summed E-state index contributed by atoms with van der Waals surface area (Å²) in [7, 11) is 0. The van der Waals surface area contributed by atoms with Crippen LogP contribution < -0.4 is 4.74 Å². The second-order valence-corrected chi connectivity index (χ2v) is 3.82. The summed E-state index contributed by atoms with van der Waals surface area (Å²) in [6.45, 7) is -0.0375. The van der Waals surface area contributed by atoms with Gasteiger partial charge in [-0.3, -0.25) is 10.1 Å². The fourth-order valence-electron chi connectivity index (χ4n) is 1.52. The fraction of sp³-hybridized carbons (Fsp3) is 0.0769. The average molecular weight is 265 g/mol. The minimum absolute atomic E-state index is 0.0375. The van der Waals surface area contributed by atoms with Crippen LogP contribution in [0.25, 0.3) is 0 Å². The normalized spacial score (nSPS) is 10.2. The van der Waals surface area contributed by atoms with E-state index in [1.165, 1.54) is 30.3 Å². The number of hydrogen-bond donors (Lipinski definition) is 0. The molecule has 0 fully saturated rings. The third-order valence-corrected chi connectivity index (χ3v) is 2.37. The van der Waals surface area contributed by atoms with Crippen LogP contribution in [0.2, 0.25) is 0 Å². The highest BCUT2D eigenvalue weighted by molar-refractivity contribution is 5.35. The lowest BCUT2D eigenvalue weighted by Gasteiger charge is -2.06. The molecule has 0 saturated heterocycles. The fourth-order valence-corrected chi connectivity index (χ4v) is 1.52. The van der Waals surface area contributed by atoms with Crippen molar-refractivity contribution in [1.82, 2.24) is 0 Å². The van der Waals surface area contributed by atoms with Gasteiger partial charge in [0.1, 0.15) is 24.0 Å². The zero-order chi connectivity index (χ0) is 13.8. The van der Waals surface area contributed by atoms with E-state index in [2.05, 4.69) is 0 Å². The number of non-ortho nitro benzene ring substituents is 1. The van der Waals surface area contributed by atoms with Crippen LogP contribution >= 0.6 is 0 Å². The summed E-state index contributed by atoms with van der Waals surface area (Å²) in [6, 6.07) is 8.50. The van der Waals surface area contributed by atoms with Gasteiger partial charge in [0.25, 0.3) is 5.69 Å². The molecule has 0 aromatic heterocycles. The number of benzene rings is 2. The summed E-state index contributed by atoms with van der Waals surface area (Å²) in [5, 5.41) is 10.6. The monoisotopic (exact) mass is 265 g/mol. The number of ether oxygens (including phenoxy) is 1. The van der Waals surface area contributed by atoms with Crippen molar-refractivity contribution >= 4 is 5.69 Å². The van der Waals surface area contributed by atoms with E-state index in [9.17, 15) is 18.9 Å². The lowest BCUT2D eigenvalue weighted by Crippen LogP contribution is -1.98. The molecule has 0 bridgehead atoms. The van der Waals surface area contributed by atoms with Crippen LogP contribution in [0, 0.1) is 21.7 Å². The Labute approximate surface area is 107 Å². The summed E-state index contributed by atoms with van der Waals surface area (Å²) in [5.41, 5.74) is -0.00580. The first-order valence-electron chi connectivity index (χ1n) is 5.37. The Morgan fingerprint density at radius 1 is 1.05 bits per heavy atom. The molecule has 6 heteroatoms. The highest BCUT2D eigenvalue weighted by Gasteiger charge is 2.10. The van der Waals surface area contributed by atoms with Gasteiger partial charge in [0.2, 0.25) is 0 Å². The lowest BCUT2D eigenvalue weighted by molar-refractivity contribution is -0.385. The average Bonchev–Trinajstić information content (AvgIpc) is 2.37. The maximum atomic E-state index is 13.2. The minimum atomic E-state index is -0.702. The molecular formula is C13H9F2NO3. The smallest absolute Gasteiger partial charge is 0.272 e. The number of halogens is 2. The zero-order valence-corrected chi connectivity index (χ0v) is 9.68. The molecule has 0 saturated carbocycles. The van der Waals surface area contributed by atoms with Crippen LogP contribution in [0.15, 0.2) is 42.5 Å². The molecule has 19 heavy (non-hydrogen) atoms. The van der Waals surface area contributed by atoms with Crippen molar-refractivity contribution in [2.45, 2.75) is 6.61 Å². The predicted molar refractivity (Wildman–Crippen MR) is 63.8 cm³/mol. The lowest BCUT2D eigenvalue weighted by atomic mass is 10.2. The van der Waals surface area contributed by atoms with E-state index in [4.69, 9.17) is 4.74 Å². The molecule has 2 aromatic rings. The summed E-state index contributed by atoms with van der Waals surface area (Å²) >= 11 is 0. The van der Waals surface area contributed by atoms with Gasteiger partial charge in [0.15, 0.2) is 0 Å². The summed E-state index contributed by atoms with van der Waals surface area (Å²) in [6.07, 6.45) is 0. The first kappa shape index (κ1) is 12.9. The first-order valence-corrected chi connectivity index (χ1v) is 5.37. The van der Waals surface area contributed by atoms with Crippen LogP contribution in [0.5, 0.6) is 5.75 Å². The molecular weight excluding hydrogens is 256 g/mol. The van der Waals surface area contributed by atoms with Crippen molar-refractivity contribution in [3.8, 4) is 5.75 Å². The molecule has 0 aliphatic carbocycles. The maximum Gasteiger partial charge on any atom is 0.272 e. The Hall–Kier alpha value is -2.50. The standard InChI is InChI=1S/C13H9F2NO3/c14-10-1-3-13(4-2-10)19-8-9-5-11(15)7-12(6-9)16(17)18/h1-7H,8H2. The topological polar surface area (TPSA) is 52.4 Å². The van der Waals surface area contributed by atoms with Crippen LogP contribution in [-0.2, 0) is 6.61 Å². The van der Waals surface area contributed by atoms with Gasteiger partial charge in [-0.1, -0.05) is 0 Å². The molecule has 0 unspecified atom stereocenters. The molecule has 0 heterocycles. The SMILES string of the molecule is O=[N+]([O-])c1cc(F)cc(COc2ccc(F)cc2)c1.